The fourth-order valence-electron chi connectivity index (χ4n) is 1.59. The Morgan fingerprint density at radius 3 is 2.55 bits per heavy atom. The number of nitrogens with one attached hydrogen (secondary N) is 2. The van der Waals surface area contributed by atoms with Crippen LogP contribution in [0.25, 0.3) is 0 Å². The molecule has 114 valence electrons. The molecule has 0 aromatic heterocycles. The highest BCUT2D eigenvalue weighted by atomic mass is 35.5. The second kappa shape index (κ2) is 12.1. The average molecular weight is 317 g/mol. The van der Waals surface area contributed by atoms with E-state index in [1.54, 1.807) is 11.8 Å². The predicted molar refractivity (Wildman–Crippen MR) is 90.6 cm³/mol. The first-order valence-corrected chi connectivity index (χ1v) is 7.93. The Morgan fingerprint density at radius 1 is 1.20 bits per heavy atom. The molecular weight excluding hydrogens is 292 g/mol. The van der Waals surface area contributed by atoms with Crippen molar-refractivity contribution in [3.63, 3.8) is 0 Å². The van der Waals surface area contributed by atoms with Crippen molar-refractivity contribution in [3.05, 3.63) is 35.9 Å². The first kappa shape index (κ1) is 19.3. The van der Waals surface area contributed by atoms with Gasteiger partial charge in [-0.25, -0.2) is 0 Å². The molecule has 0 radical (unpaired) electrons. The molecule has 0 aliphatic heterocycles. The van der Waals surface area contributed by atoms with E-state index in [2.05, 4.69) is 29.7 Å². The number of benzene rings is 1. The Morgan fingerprint density at radius 2 is 1.90 bits per heavy atom. The van der Waals surface area contributed by atoms with Crippen LogP contribution in [-0.4, -0.2) is 30.8 Å². The molecule has 0 heterocycles. The summed E-state index contributed by atoms with van der Waals surface area (Å²) >= 11 is 1.67. The molecule has 1 atom stereocenters. The van der Waals surface area contributed by atoms with Gasteiger partial charge in [-0.2, -0.15) is 0 Å². The van der Waals surface area contributed by atoms with E-state index in [1.807, 2.05) is 25.1 Å². The summed E-state index contributed by atoms with van der Waals surface area (Å²) in [6.45, 7) is 6.65. The highest BCUT2D eigenvalue weighted by molar-refractivity contribution is 7.99. The molecule has 1 rings (SSSR count). The van der Waals surface area contributed by atoms with Crippen LogP contribution in [0.5, 0.6) is 0 Å². The minimum atomic E-state index is -0.00798. The van der Waals surface area contributed by atoms with E-state index in [-0.39, 0.29) is 23.6 Å². The fraction of sp³-hybridized carbons (Fsp3) is 0.533. The van der Waals surface area contributed by atoms with Crippen LogP contribution in [0.15, 0.2) is 30.3 Å². The van der Waals surface area contributed by atoms with E-state index in [1.165, 1.54) is 5.56 Å². The summed E-state index contributed by atoms with van der Waals surface area (Å²) in [4.78, 5) is 11.8. The van der Waals surface area contributed by atoms with E-state index in [9.17, 15) is 4.79 Å². The third-order valence-corrected chi connectivity index (χ3v) is 3.95. The third kappa shape index (κ3) is 8.46. The Bertz CT molecular complexity index is 362. The maximum Gasteiger partial charge on any atom is 0.232 e. The molecule has 1 aromatic rings. The van der Waals surface area contributed by atoms with Crippen molar-refractivity contribution in [3.8, 4) is 0 Å². The summed E-state index contributed by atoms with van der Waals surface area (Å²) in [5.41, 5.74) is 1.26. The Labute approximate surface area is 132 Å². The van der Waals surface area contributed by atoms with E-state index in [4.69, 9.17) is 0 Å². The van der Waals surface area contributed by atoms with Crippen molar-refractivity contribution in [1.29, 1.82) is 0 Å². The molecule has 1 unspecified atom stereocenters. The number of halogens is 1. The van der Waals surface area contributed by atoms with Gasteiger partial charge in [0.2, 0.25) is 5.91 Å². The normalized spacial score (nSPS) is 11.5. The maximum absolute atomic E-state index is 11.8. The van der Waals surface area contributed by atoms with Crippen LogP contribution in [-0.2, 0) is 10.5 Å². The molecule has 20 heavy (non-hydrogen) atoms. The zero-order valence-corrected chi connectivity index (χ0v) is 13.9. The smallest absolute Gasteiger partial charge is 0.232 e. The van der Waals surface area contributed by atoms with Gasteiger partial charge in [0, 0.05) is 18.8 Å². The summed E-state index contributed by atoms with van der Waals surface area (Å²) in [5.74, 6) is 1.00. The number of carbonyl (C=O) groups is 1. The predicted octanol–water partition coefficient (Wildman–Crippen LogP) is 2.85. The number of hydrogen-bond donors (Lipinski definition) is 2. The number of thioether (sulfide) groups is 1. The lowest BCUT2D eigenvalue weighted by atomic mass is 10.2. The van der Waals surface area contributed by atoms with Crippen molar-refractivity contribution in [2.45, 2.75) is 31.3 Å². The van der Waals surface area contributed by atoms with Crippen molar-refractivity contribution in [2.24, 2.45) is 0 Å². The van der Waals surface area contributed by atoms with Gasteiger partial charge in [0.05, 0.1) is 5.25 Å². The molecule has 0 bridgehead atoms. The van der Waals surface area contributed by atoms with E-state index < -0.39 is 0 Å². The summed E-state index contributed by atoms with van der Waals surface area (Å²) in [6, 6.07) is 10.2. The average Bonchev–Trinajstić information content (AvgIpc) is 2.45. The standard InChI is InChI=1S/C15H24N2OS.ClH/c1-3-9-16-10-11-17-15(18)13(2)19-12-14-7-5-4-6-8-14;/h4-8,13,16H,3,9-12H2,1-2H3,(H,17,18);1H. The molecular formula is C15H25ClN2OS. The molecule has 0 aliphatic carbocycles. The monoisotopic (exact) mass is 316 g/mol. The Kier molecular flexibility index (Phi) is 11.6. The molecule has 1 amide bonds. The molecule has 0 fully saturated rings. The number of rotatable bonds is 9. The van der Waals surface area contributed by atoms with Crippen LogP contribution in [0.3, 0.4) is 0 Å². The van der Waals surface area contributed by atoms with Crippen LogP contribution >= 0.6 is 24.2 Å². The molecule has 0 spiro atoms. The second-order valence-electron chi connectivity index (χ2n) is 4.48. The van der Waals surface area contributed by atoms with Crippen LogP contribution in [0.2, 0.25) is 0 Å². The highest BCUT2D eigenvalue weighted by Crippen LogP contribution is 2.17. The van der Waals surface area contributed by atoms with Gasteiger partial charge in [0.15, 0.2) is 0 Å². The van der Waals surface area contributed by atoms with Crippen molar-refractivity contribution >= 4 is 30.1 Å². The van der Waals surface area contributed by atoms with Gasteiger partial charge in [0.25, 0.3) is 0 Å². The zero-order valence-electron chi connectivity index (χ0n) is 12.2. The van der Waals surface area contributed by atoms with Crippen LogP contribution in [0.4, 0.5) is 0 Å². The van der Waals surface area contributed by atoms with Gasteiger partial charge in [0.1, 0.15) is 0 Å². The second-order valence-corrected chi connectivity index (χ2v) is 5.81. The summed E-state index contributed by atoms with van der Waals surface area (Å²) < 4.78 is 0. The first-order valence-electron chi connectivity index (χ1n) is 6.88. The minimum Gasteiger partial charge on any atom is -0.354 e. The van der Waals surface area contributed by atoms with Gasteiger partial charge >= 0.3 is 0 Å². The number of carbonyl (C=O) groups excluding carboxylic acids is 1. The third-order valence-electron chi connectivity index (χ3n) is 2.74. The molecule has 0 saturated carbocycles. The van der Waals surface area contributed by atoms with E-state index >= 15 is 0 Å². The van der Waals surface area contributed by atoms with E-state index in [0.29, 0.717) is 6.54 Å². The summed E-state index contributed by atoms with van der Waals surface area (Å²) in [6.07, 6.45) is 1.12. The number of amides is 1. The largest absolute Gasteiger partial charge is 0.354 e. The van der Waals surface area contributed by atoms with Gasteiger partial charge in [-0.1, -0.05) is 37.3 Å². The van der Waals surface area contributed by atoms with Crippen molar-refractivity contribution in [2.75, 3.05) is 19.6 Å². The van der Waals surface area contributed by atoms with Gasteiger partial charge in [-0.15, -0.1) is 24.2 Å². The summed E-state index contributed by atoms with van der Waals surface area (Å²) in [7, 11) is 0. The SMILES string of the molecule is CCCNCCNC(=O)C(C)SCc1ccccc1.Cl. The zero-order chi connectivity index (χ0) is 13.9. The lowest BCUT2D eigenvalue weighted by Crippen LogP contribution is -2.36. The fourth-order valence-corrected chi connectivity index (χ4v) is 2.46. The van der Waals surface area contributed by atoms with Gasteiger partial charge in [-0.3, -0.25) is 4.79 Å². The quantitative estimate of drug-likeness (QED) is 0.688. The molecule has 3 nitrogen and oxygen atoms in total. The van der Waals surface area contributed by atoms with Crippen LogP contribution < -0.4 is 10.6 Å². The maximum atomic E-state index is 11.8. The molecule has 2 N–H and O–H groups in total. The Balaban J connectivity index is 0.00000361. The molecule has 0 saturated heterocycles. The topological polar surface area (TPSA) is 41.1 Å². The lowest BCUT2D eigenvalue weighted by molar-refractivity contribution is -0.120. The number of hydrogen-bond acceptors (Lipinski definition) is 3. The molecule has 5 heteroatoms. The van der Waals surface area contributed by atoms with Crippen LogP contribution in [0.1, 0.15) is 25.8 Å². The van der Waals surface area contributed by atoms with E-state index in [0.717, 1.165) is 25.3 Å². The molecule has 1 aromatic carbocycles. The van der Waals surface area contributed by atoms with Gasteiger partial charge < -0.3 is 10.6 Å². The van der Waals surface area contributed by atoms with Crippen molar-refractivity contribution in [1.82, 2.24) is 10.6 Å². The van der Waals surface area contributed by atoms with Crippen molar-refractivity contribution < 1.29 is 4.79 Å². The Hall–Kier alpha value is -0.710. The lowest BCUT2D eigenvalue weighted by Gasteiger charge is -2.12. The highest BCUT2D eigenvalue weighted by Gasteiger charge is 2.12. The minimum absolute atomic E-state index is 0. The molecule has 0 aliphatic rings. The van der Waals surface area contributed by atoms with Gasteiger partial charge in [-0.05, 0) is 25.5 Å². The first-order chi connectivity index (χ1) is 9.24. The van der Waals surface area contributed by atoms with Crippen LogP contribution in [0, 0.1) is 0 Å². The summed E-state index contributed by atoms with van der Waals surface area (Å²) in [5, 5.41) is 6.21.